The minimum atomic E-state index is -0.107. The van der Waals surface area contributed by atoms with E-state index in [0.717, 1.165) is 36.3 Å². The average molecular weight is 388 g/mol. The summed E-state index contributed by atoms with van der Waals surface area (Å²) < 4.78 is 1.75. The first-order valence-electron chi connectivity index (χ1n) is 9.94. The highest BCUT2D eigenvalue weighted by Gasteiger charge is 2.21. The van der Waals surface area contributed by atoms with Crippen LogP contribution in [-0.2, 0) is 22.4 Å². The zero-order valence-corrected chi connectivity index (χ0v) is 16.3. The van der Waals surface area contributed by atoms with E-state index < -0.39 is 0 Å². The number of aromatic nitrogens is 2. The van der Waals surface area contributed by atoms with Crippen LogP contribution in [0.5, 0.6) is 0 Å². The summed E-state index contributed by atoms with van der Waals surface area (Å²) in [6.45, 7) is 1.08. The van der Waals surface area contributed by atoms with Crippen molar-refractivity contribution in [2.75, 3.05) is 18.0 Å². The number of hydrogen-bond donors (Lipinski definition) is 1. The second-order valence-corrected chi connectivity index (χ2v) is 7.18. The largest absolute Gasteiger partial charge is 0.355 e. The molecule has 0 fully saturated rings. The lowest BCUT2D eigenvalue weighted by atomic mass is 10.0. The second-order valence-electron chi connectivity index (χ2n) is 7.18. The number of nitrogens with zero attached hydrogens (tertiary/aromatic N) is 3. The number of carbonyl (C=O) groups excluding carboxylic acids is 2. The summed E-state index contributed by atoms with van der Waals surface area (Å²) in [5.74, 6) is -0.0567. The average Bonchev–Trinajstić information content (AvgIpc) is 3.22. The number of fused-ring (bicyclic) bond motifs is 1. The molecule has 1 aliphatic heterocycles. The van der Waals surface area contributed by atoms with Gasteiger partial charge < -0.3 is 10.2 Å². The summed E-state index contributed by atoms with van der Waals surface area (Å²) in [5.41, 5.74) is 4.00. The summed E-state index contributed by atoms with van der Waals surface area (Å²) in [4.78, 5) is 26.7. The molecule has 0 unspecified atom stereocenters. The molecule has 0 radical (unpaired) electrons. The van der Waals surface area contributed by atoms with Crippen molar-refractivity contribution < 1.29 is 9.59 Å². The van der Waals surface area contributed by atoms with Gasteiger partial charge in [0, 0.05) is 31.4 Å². The SMILES string of the molecule is O=C(Cc1cnn(-c2ccccc2)c1)NCCC(=O)N1CCCc2ccccc21. The first-order valence-corrected chi connectivity index (χ1v) is 9.94. The molecule has 29 heavy (non-hydrogen) atoms. The number of benzene rings is 2. The van der Waals surface area contributed by atoms with Crippen molar-refractivity contribution in [2.45, 2.75) is 25.7 Å². The number of para-hydroxylation sites is 2. The molecule has 6 nitrogen and oxygen atoms in total. The Morgan fingerprint density at radius 3 is 2.69 bits per heavy atom. The summed E-state index contributed by atoms with van der Waals surface area (Å²) >= 11 is 0. The lowest BCUT2D eigenvalue weighted by Crippen LogP contribution is -2.38. The third kappa shape index (κ3) is 4.54. The fourth-order valence-electron chi connectivity index (χ4n) is 3.66. The Bertz CT molecular complexity index is 997. The van der Waals surface area contributed by atoms with Gasteiger partial charge >= 0.3 is 0 Å². The van der Waals surface area contributed by atoms with E-state index >= 15 is 0 Å². The fraction of sp³-hybridized carbons (Fsp3) is 0.261. The van der Waals surface area contributed by atoms with Crippen LogP contribution in [0, 0.1) is 0 Å². The van der Waals surface area contributed by atoms with Gasteiger partial charge in [0.25, 0.3) is 0 Å². The molecule has 0 spiro atoms. The molecule has 3 aromatic rings. The number of rotatable bonds is 6. The minimum absolute atomic E-state index is 0.0503. The first-order chi connectivity index (χ1) is 14.2. The predicted molar refractivity (Wildman–Crippen MR) is 112 cm³/mol. The zero-order valence-electron chi connectivity index (χ0n) is 16.3. The number of hydrogen-bond acceptors (Lipinski definition) is 3. The van der Waals surface area contributed by atoms with Crippen LogP contribution in [-0.4, -0.2) is 34.7 Å². The van der Waals surface area contributed by atoms with Gasteiger partial charge in [-0.3, -0.25) is 9.59 Å². The molecule has 0 aliphatic carbocycles. The molecule has 0 bridgehead atoms. The molecule has 0 atom stereocenters. The van der Waals surface area contributed by atoms with E-state index in [4.69, 9.17) is 0 Å². The molecule has 0 saturated carbocycles. The van der Waals surface area contributed by atoms with Crippen LogP contribution in [0.2, 0.25) is 0 Å². The molecule has 2 aromatic carbocycles. The molecule has 1 aliphatic rings. The number of amides is 2. The maximum Gasteiger partial charge on any atom is 0.228 e. The van der Waals surface area contributed by atoms with E-state index in [-0.39, 0.29) is 18.2 Å². The van der Waals surface area contributed by atoms with Crippen molar-refractivity contribution in [3.8, 4) is 5.69 Å². The van der Waals surface area contributed by atoms with Crippen molar-refractivity contribution in [1.82, 2.24) is 15.1 Å². The van der Waals surface area contributed by atoms with Crippen LogP contribution in [0.4, 0.5) is 5.69 Å². The van der Waals surface area contributed by atoms with Gasteiger partial charge in [-0.15, -0.1) is 0 Å². The molecule has 4 rings (SSSR count). The van der Waals surface area contributed by atoms with E-state index in [9.17, 15) is 9.59 Å². The highest BCUT2D eigenvalue weighted by molar-refractivity contribution is 5.95. The van der Waals surface area contributed by atoms with Crippen molar-refractivity contribution >= 4 is 17.5 Å². The van der Waals surface area contributed by atoms with Crippen LogP contribution in [0.3, 0.4) is 0 Å². The molecule has 1 N–H and O–H groups in total. The van der Waals surface area contributed by atoms with Crippen molar-refractivity contribution in [2.24, 2.45) is 0 Å². The standard InChI is InChI=1S/C23H24N4O2/c28-22(15-18-16-25-27(17-18)20-9-2-1-3-10-20)24-13-12-23(29)26-14-6-8-19-7-4-5-11-21(19)26/h1-5,7,9-11,16-17H,6,8,12-15H2,(H,24,28). The first kappa shape index (κ1) is 18.9. The maximum atomic E-state index is 12.6. The Morgan fingerprint density at radius 1 is 1.03 bits per heavy atom. The van der Waals surface area contributed by atoms with Crippen molar-refractivity contribution in [3.63, 3.8) is 0 Å². The summed E-state index contributed by atoms with van der Waals surface area (Å²) in [7, 11) is 0. The van der Waals surface area contributed by atoms with Gasteiger partial charge in [-0.1, -0.05) is 36.4 Å². The number of carbonyl (C=O) groups is 2. The molecule has 2 heterocycles. The smallest absolute Gasteiger partial charge is 0.228 e. The normalized spacial score (nSPS) is 13.0. The molecule has 2 amide bonds. The fourth-order valence-corrected chi connectivity index (χ4v) is 3.66. The highest BCUT2D eigenvalue weighted by atomic mass is 16.2. The van der Waals surface area contributed by atoms with Gasteiger partial charge in [-0.05, 0) is 42.2 Å². The van der Waals surface area contributed by atoms with Gasteiger partial charge in [-0.2, -0.15) is 5.10 Å². The van der Waals surface area contributed by atoms with Gasteiger partial charge in [0.2, 0.25) is 11.8 Å². The number of aryl methyl sites for hydroxylation is 1. The molecule has 0 saturated heterocycles. The summed E-state index contributed by atoms with van der Waals surface area (Å²) in [6, 6.07) is 17.8. The van der Waals surface area contributed by atoms with E-state index in [0.29, 0.717) is 13.0 Å². The lowest BCUT2D eigenvalue weighted by Gasteiger charge is -2.29. The number of nitrogens with one attached hydrogen (secondary N) is 1. The van der Waals surface area contributed by atoms with Crippen LogP contribution in [0.1, 0.15) is 24.0 Å². The Hall–Kier alpha value is -3.41. The van der Waals surface area contributed by atoms with E-state index in [1.807, 2.05) is 59.6 Å². The topological polar surface area (TPSA) is 67.2 Å². The van der Waals surface area contributed by atoms with Crippen molar-refractivity contribution in [1.29, 1.82) is 0 Å². The Morgan fingerprint density at radius 2 is 1.83 bits per heavy atom. The Labute approximate surface area is 170 Å². The highest BCUT2D eigenvalue weighted by Crippen LogP contribution is 2.27. The predicted octanol–water partition coefficient (Wildman–Crippen LogP) is 2.90. The quantitative estimate of drug-likeness (QED) is 0.706. The summed E-state index contributed by atoms with van der Waals surface area (Å²) in [5, 5.41) is 7.16. The molecular weight excluding hydrogens is 364 g/mol. The van der Waals surface area contributed by atoms with E-state index in [1.54, 1.807) is 10.9 Å². The van der Waals surface area contributed by atoms with Gasteiger partial charge in [0.15, 0.2) is 0 Å². The van der Waals surface area contributed by atoms with Gasteiger partial charge in [0.05, 0.1) is 18.3 Å². The molecule has 148 valence electrons. The lowest BCUT2D eigenvalue weighted by molar-refractivity contribution is -0.121. The molecular formula is C23H24N4O2. The second kappa shape index (κ2) is 8.73. The van der Waals surface area contributed by atoms with Crippen LogP contribution >= 0.6 is 0 Å². The van der Waals surface area contributed by atoms with Gasteiger partial charge in [0.1, 0.15) is 0 Å². The third-order valence-electron chi connectivity index (χ3n) is 5.09. The van der Waals surface area contributed by atoms with E-state index in [1.165, 1.54) is 5.56 Å². The van der Waals surface area contributed by atoms with Gasteiger partial charge in [-0.25, -0.2) is 4.68 Å². The van der Waals surface area contributed by atoms with Crippen LogP contribution in [0.25, 0.3) is 5.69 Å². The number of anilines is 1. The maximum absolute atomic E-state index is 12.6. The Kier molecular flexibility index (Phi) is 5.70. The van der Waals surface area contributed by atoms with Crippen LogP contribution in [0.15, 0.2) is 67.0 Å². The molecule has 1 aromatic heterocycles. The Balaban J connectivity index is 1.27. The van der Waals surface area contributed by atoms with Crippen LogP contribution < -0.4 is 10.2 Å². The van der Waals surface area contributed by atoms with E-state index in [2.05, 4.69) is 16.5 Å². The zero-order chi connectivity index (χ0) is 20.1. The van der Waals surface area contributed by atoms with Crippen molar-refractivity contribution in [3.05, 3.63) is 78.1 Å². The summed E-state index contributed by atoms with van der Waals surface area (Å²) in [6.07, 6.45) is 6.07. The third-order valence-corrected chi connectivity index (χ3v) is 5.09. The molecule has 6 heteroatoms. The monoisotopic (exact) mass is 388 g/mol. The minimum Gasteiger partial charge on any atom is -0.355 e.